The topological polar surface area (TPSA) is 80.3 Å². The Kier molecular flexibility index (Phi) is 10.3. The van der Waals surface area contributed by atoms with Crippen LogP contribution in [0.2, 0.25) is 0 Å². The van der Waals surface area contributed by atoms with Crippen LogP contribution in [-0.4, -0.2) is 49.8 Å². The number of aryl methyl sites for hydroxylation is 1. The second-order valence-corrected chi connectivity index (χ2v) is 7.86. The monoisotopic (exact) mass is 436 g/mol. The van der Waals surface area contributed by atoms with Crippen LogP contribution in [0.5, 0.6) is 5.75 Å². The van der Waals surface area contributed by atoms with E-state index >= 15 is 0 Å². The van der Waals surface area contributed by atoms with E-state index in [9.17, 15) is 9.59 Å². The molecule has 31 heavy (non-hydrogen) atoms. The Bertz CT molecular complexity index is 688. The fourth-order valence-corrected chi connectivity index (χ4v) is 3.87. The highest BCUT2D eigenvalue weighted by molar-refractivity contribution is 5.67. The van der Waals surface area contributed by atoms with E-state index < -0.39 is 30.4 Å². The normalized spacial score (nSPS) is 25.6. The predicted molar refractivity (Wildman–Crippen MR) is 116 cm³/mol. The van der Waals surface area contributed by atoms with Gasteiger partial charge in [0.2, 0.25) is 0 Å². The molecular formula is C24H36O7. The maximum absolute atomic E-state index is 11.7. The van der Waals surface area contributed by atoms with Gasteiger partial charge in [-0.25, -0.2) is 0 Å². The summed E-state index contributed by atoms with van der Waals surface area (Å²) in [7, 11) is 0. The van der Waals surface area contributed by atoms with Crippen molar-refractivity contribution in [2.75, 3.05) is 13.2 Å². The quantitative estimate of drug-likeness (QED) is 0.382. The Labute approximate surface area is 185 Å². The number of esters is 2. The molecule has 1 heterocycles. The lowest BCUT2D eigenvalue weighted by atomic mass is 9.89. The highest BCUT2D eigenvalue weighted by atomic mass is 16.7. The second kappa shape index (κ2) is 12.7. The van der Waals surface area contributed by atoms with E-state index in [2.05, 4.69) is 12.1 Å². The summed E-state index contributed by atoms with van der Waals surface area (Å²) >= 11 is 0. The third-order valence-electron chi connectivity index (χ3n) is 5.39. The molecule has 1 aromatic rings. The fraction of sp³-hybridized carbons (Fsp3) is 0.667. The summed E-state index contributed by atoms with van der Waals surface area (Å²) in [6, 6.07) is 8.11. The van der Waals surface area contributed by atoms with Crippen LogP contribution in [0.15, 0.2) is 24.3 Å². The van der Waals surface area contributed by atoms with Crippen LogP contribution in [0.25, 0.3) is 0 Å². The Hall–Kier alpha value is -2.12. The number of ether oxygens (including phenoxy) is 5. The molecule has 1 aliphatic rings. The molecule has 0 saturated carbocycles. The molecule has 0 radical (unpaired) electrons. The first kappa shape index (κ1) is 25.1. The zero-order valence-corrected chi connectivity index (χ0v) is 19.3. The summed E-state index contributed by atoms with van der Waals surface area (Å²) in [4.78, 5) is 23.3. The maximum Gasteiger partial charge on any atom is 0.303 e. The smallest absolute Gasteiger partial charge is 0.303 e. The van der Waals surface area contributed by atoms with Crippen molar-refractivity contribution in [2.45, 2.75) is 84.9 Å². The first-order chi connectivity index (χ1) is 14.8. The highest BCUT2D eigenvalue weighted by Gasteiger charge is 2.47. The van der Waals surface area contributed by atoms with Crippen molar-refractivity contribution in [3.05, 3.63) is 29.8 Å². The Morgan fingerprint density at radius 2 is 1.61 bits per heavy atom. The molecule has 2 rings (SSSR count). The van der Waals surface area contributed by atoms with Crippen molar-refractivity contribution in [3.63, 3.8) is 0 Å². The molecule has 0 aliphatic carbocycles. The second-order valence-electron chi connectivity index (χ2n) is 7.86. The molecule has 0 bridgehead atoms. The lowest BCUT2D eigenvalue weighted by molar-refractivity contribution is -0.290. The van der Waals surface area contributed by atoms with Crippen LogP contribution in [0, 0.1) is 5.92 Å². The zero-order chi connectivity index (χ0) is 22.8. The summed E-state index contributed by atoms with van der Waals surface area (Å²) in [6.45, 7) is 9.70. The highest BCUT2D eigenvalue weighted by Crippen LogP contribution is 2.32. The van der Waals surface area contributed by atoms with E-state index in [1.807, 2.05) is 32.9 Å². The van der Waals surface area contributed by atoms with Gasteiger partial charge < -0.3 is 23.7 Å². The average Bonchev–Trinajstić information content (AvgIpc) is 2.72. The third-order valence-corrected chi connectivity index (χ3v) is 5.39. The number of unbranched alkanes of at least 4 members (excludes halogenated alkanes) is 1. The molecule has 0 spiro atoms. The summed E-state index contributed by atoms with van der Waals surface area (Å²) < 4.78 is 28.5. The minimum absolute atomic E-state index is 0.113. The average molecular weight is 437 g/mol. The standard InChI is InChI=1S/C24H36O7/c1-6-21-16(3)22(29-17(4)25)23(30-18(5)26)24(31-21)28-15-9-8-10-19-11-13-20(14-12-19)27-7-2/h11-14,16,21-24H,6-10,15H2,1-5H3. The zero-order valence-electron chi connectivity index (χ0n) is 19.3. The molecular weight excluding hydrogens is 400 g/mol. The van der Waals surface area contributed by atoms with Crippen LogP contribution >= 0.6 is 0 Å². The van der Waals surface area contributed by atoms with Gasteiger partial charge in [0.05, 0.1) is 12.7 Å². The number of rotatable bonds is 11. The SMILES string of the molecule is CCOc1ccc(CCCCOC2OC(CC)C(C)C(OC(C)=O)C2OC(C)=O)cc1. The first-order valence-electron chi connectivity index (χ1n) is 11.2. The van der Waals surface area contributed by atoms with E-state index in [1.165, 1.54) is 19.4 Å². The predicted octanol–water partition coefficient (Wildman–Crippen LogP) is 4.06. The van der Waals surface area contributed by atoms with Gasteiger partial charge in [0, 0.05) is 26.4 Å². The lowest BCUT2D eigenvalue weighted by Crippen LogP contribution is -2.57. The maximum atomic E-state index is 11.7. The minimum Gasteiger partial charge on any atom is -0.494 e. The number of hydrogen-bond donors (Lipinski definition) is 0. The summed E-state index contributed by atoms with van der Waals surface area (Å²) in [5, 5.41) is 0. The fourth-order valence-electron chi connectivity index (χ4n) is 3.87. The number of carbonyl (C=O) groups is 2. The van der Waals surface area contributed by atoms with Crippen LogP contribution in [0.1, 0.15) is 59.4 Å². The molecule has 1 fully saturated rings. The summed E-state index contributed by atoms with van der Waals surface area (Å²) in [5.41, 5.74) is 1.24. The van der Waals surface area contributed by atoms with Gasteiger partial charge >= 0.3 is 11.9 Å². The van der Waals surface area contributed by atoms with E-state index in [4.69, 9.17) is 23.7 Å². The molecule has 7 heteroatoms. The summed E-state index contributed by atoms with van der Waals surface area (Å²) in [5.74, 6) is -0.114. The summed E-state index contributed by atoms with van der Waals surface area (Å²) in [6.07, 6.45) is 1.14. The van der Waals surface area contributed by atoms with E-state index in [0.717, 1.165) is 31.4 Å². The third kappa shape index (κ3) is 7.82. The molecule has 174 valence electrons. The van der Waals surface area contributed by atoms with Gasteiger partial charge in [0.25, 0.3) is 0 Å². The van der Waals surface area contributed by atoms with Crippen molar-refractivity contribution < 1.29 is 33.3 Å². The van der Waals surface area contributed by atoms with Gasteiger partial charge in [-0.3, -0.25) is 9.59 Å². The number of hydrogen-bond acceptors (Lipinski definition) is 7. The number of benzene rings is 1. The van der Waals surface area contributed by atoms with Gasteiger partial charge in [0.15, 0.2) is 12.4 Å². The largest absolute Gasteiger partial charge is 0.494 e. The Morgan fingerprint density at radius 3 is 2.19 bits per heavy atom. The van der Waals surface area contributed by atoms with Gasteiger partial charge in [-0.1, -0.05) is 26.0 Å². The minimum atomic E-state index is -0.787. The van der Waals surface area contributed by atoms with Crippen LogP contribution in [-0.2, 0) is 35.0 Å². The van der Waals surface area contributed by atoms with Gasteiger partial charge in [-0.05, 0) is 50.3 Å². The molecule has 0 N–H and O–H groups in total. The van der Waals surface area contributed by atoms with Crippen molar-refractivity contribution in [3.8, 4) is 5.75 Å². The molecule has 1 saturated heterocycles. The van der Waals surface area contributed by atoms with Crippen LogP contribution in [0.3, 0.4) is 0 Å². The van der Waals surface area contributed by atoms with Crippen LogP contribution in [0.4, 0.5) is 0 Å². The lowest BCUT2D eigenvalue weighted by Gasteiger charge is -2.43. The van der Waals surface area contributed by atoms with Gasteiger partial charge in [-0.15, -0.1) is 0 Å². The van der Waals surface area contributed by atoms with Crippen molar-refractivity contribution in [1.82, 2.24) is 0 Å². The number of carbonyl (C=O) groups excluding carboxylic acids is 2. The molecule has 5 unspecified atom stereocenters. The van der Waals surface area contributed by atoms with Crippen LogP contribution < -0.4 is 4.74 Å². The molecule has 1 aliphatic heterocycles. The first-order valence-corrected chi connectivity index (χ1v) is 11.2. The van der Waals surface area contributed by atoms with E-state index in [-0.39, 0.29) is 12.0 Å². The van der Waals surface area contributed by atoms with Crippen molar-refractivity contribution >= 4 is 11.9 Å². The van der Waals surface area contributed by atoms with Gasteiger partial charge in [0.1, 0.15) is 11.9 Å². The van der Waals surface area contributed by atoms with E-state index in [1.54, 1.807) is 0 Å². The Balaban J connectivity index is 1.90. The van der Waals surface area contributed by atoms with Crippen molar-refractivity contribution in [1.29, 1.82) is 0 Å². The molecule has 0 aromatic heterocycles. The molecule has 1 aromatic carbocycles. The molecule has 0 amide bonds. The molecule has 5 atom stereocenters. The van der Waals surface area contributed by atoms with Crippen molar-refractivity contribution in [2.24, 2.45) is 5.92 Å². The van der Waals surface area contributed by atoms with E-state index in [0.29, 0.717) is 13.2 Å². The Morgan fingerprint density at radius 1 is 0.968 bits per heavy atom. The van der Waals surface area contributed by atoms with Gasteiger partial charge in [-0.2, -0.15) is 0 Å². The molecule has 7 nitrogen and oxygen atoms in total.